The third-order valence-corrected chi connectivity index (χ3v) is 4.95. The Kier molecular flexibility index (Phi) is 5.04. The lowest BCUT2D eigenvalue weighted by atomic mass is 9.92. The predicted octanol–water partition coefficient (Wildman–Crippen LogP) is 3.06. The van der Waals surface area contributed by atoms with E-state index in [2.05, 4.69) is 24.0 Å². The van der Waals surface area contributed by atoms with Crippen molar-refractivity contribution in [3.8, 4) is 0 Å². The van der Waals surface area contributed by atoms with Crippen LogP contribution in [0.3, 0.4) is 0 Å². The highest BCUT2D eigenvalue weighted by atomic mass is 35.5. The van der Waals surface area contributed by atoms with Crippen molar-refractivity contribution in [2.45, 2.75) is 25.7 Å². The molecule has 0 radical (unpaired) electrons. The molecule has 1 atom stereocenters. The molecule has 5 N–H and O–H groups in total. The summed E-state index contributed by atoms with van der Waals surface area (Å²) in [5.74, 6) is 0.144. The second-order valence-corrected chi connectivity index (χ2v) is 6.89. The van der Waals surface area contributed by atoms with Crippen molar-refractivity contribution in [1.82, 2.24) is 9.88 Å². The summed E-state index contributed by atoms with van der Waals surface area (Å²) in [7, 11) is 0. The Morgan fingerprint density at radius 2 is 2.16 bits per heavy atom. The minimum atomic E-state index is -0.135. The van der Waals surface area contributed by atoms with E-state index in [1.165, 1.54) is 28.9 Å². The minimum absolute atomic E-state index is 0.0464. The van der Waals surface area contributed by atoms with E-state index in [1.807, 2.05) is 17.0 Å². The van der Waals surface area contributed by atoms with Crippen molar-refractivity contribution in [2.75, 3.05) is 13.1 Å². The van der Waals surface area contributed by atoms with Gasteiger partial charge < -0.3 is 21.4 Å². The van der Waals surface area contributed by atoms with Gasteiger partial charge in [0.05, 0.1) is 10.7 Å². The number of nitrogens with two attached hydrogens (primary N) is 2. The van der Waals surface area contributed by atoms with Crippen LogP contribution in [0.1, 0.15) is 30.0 Å². The maximum absolute atomic E-state index is 12.7. The minimum Gasteiger partial charge on any atom is -0.404 e. The van der Waals surface area contributed by atoms with Crippen LogP contribution in [-0.4, -0.2) is 28.9 Å². The van der Waals surface area contributed by atoms with Gasteiger partial charge in [-0.25, -0.2) is 0 Å². The van der Waals surface area contributed by atoms with E-state index in [9.17, 15) is 4.79 Å². The lowest BCUT2D eigenvalue weighted by molar-refractivity contribution is -0.128. The first-order valence-corrected chi connectivity index (χ1v) is 8.80. The molecule has 1 fully saturated rings. The Morgan fingerprint density at radius 3 is 2.84 bits per heavy atom. The predicted molar refractivity (Wildman–Crippen MR) is 102 cm³/mol. The number of aromatic amines is 1. The molecule has 132 valence electrons. The Morgan fingerprint density at radius 1 is 1.40 bits per heavy atom. The molecule has 1 saturated heterocycles. The number of rotatable bonds is 3. The number of hydrogen-bond donors (Lipinski definition) is 3. The first-order chi connectivity index (χ1) is 12.0. The summed E-state index contributed by atoms with van der Waals surface area (Å²) >= 11 is 5.69. The molecule has 0 bridgehead atoms. The fraction of sp³-hybridized carbons (Fsp3) is 0.316. The van der Waals surface area contributed by atoms with Crippen LogP contribution in [-0.2, 0) is 4.79 Å². The zero-order valence-electron chi connectivity index (χ0n) is 14.3. The third kappa shape index (κ3) is 3.51. The molecule has 1 aliphatic heterocycles. The van der Waals surface area contributed by atoms with Crippen molar-refractivity contribution in [2.24, 2.45) is 11.5 Å². The molecule has 2 aromatic rings. The number of halogens is 1. The number of likely N-dealkylation sites (tertiary alicyclic amines) is 1. The van der Waals surface area contributed by atoms with Gasteiger partial charge in [0.2, 0.25) is 0 Å². The number of fused-ring (bicyclic) bond motifs is 1. The van der Waals surface area contributed by atoms with Gasteiger partial charge in [0.15, 0.2) is 0 Å². The maximum atomic E-state index is 12.7. The summed E-state index contributed by atoms with van der Waals surface area (Å²) < 4.78 is 0. The summed E-state index contributed by atoms with van der Waals surface area (Å²) in [6.45, 7) is 3.50. The van der Waals surface area contributed by atoms with E-state index >= 15 is 0 Å². The average Bonchev–Trinajstić information content (AvgIpc) is 2.96. The van der Waals surface area contributed by atoms with E-state index in [0.717, 1.165) is 18.4 Å². The monoisotopic (exact) mass is 358 g/mol. The van der Waals surface area contributed by atoms with Gasteiger partial charge in [-0.2, -0.15) is 0 Å². The van der Waals surface area contributed by atoms with Crippen molar-refractivity contribution in [3.05, 3.63) is 58.5 Å². The summed E-state index contributed by atoms with van der Waals surface area (Å²) in [5.41, 5.74) is 15.0. The number of amides is 1. The molecular weight excluding hydrogens is 336 g/mol. The number of piperidine rings is 1. The molecular formula is C19H23ClN4O. The van der Waals surface area contributed by atoms with E-state index in [4.69, 9.17) is 23.1 Å². The summed E-state index contributed by atoms with van der Waals surface area (Å²) in [6.07, 6.45) is 4.66. The topological polar surface area (TPSA) is 88.1 Å². The van der Waals surface area contributed by atoms with Crippen molar-refractivity contribution >= 4 is 28.4 Å². The first-order valence-electron chi connectivity index (χ1n) is 8.42. The molecule has 1 amide bonds. The molecule has 0 aliphatic carbocycles. The number of H-pyrrole nitrogens is 1. The summed E-state index contributed by atoms with van der Waals surface area (Å²) in [4.78, 5) is 18.1. The lowest BCUT2D eigenvalue weighted by Gasteiger charge is -2.33. The molecule has 1 aliphatic rings. The highest BCUT2D eigenvalue weighted by Gasteiger charge is 2.28. The number of hydrogen-bond acceptors (Lipinski definition) is 3. The number of aromatic nitrogens is 1. The van der Waals surface area contributed by atoms with Crippen LogP contribution in [0.2, 0.25) is 0 Å². The number of carbonyl (C=O) groups excluding carboxylic acids is 1. The zero-order valence-corrected chi connectivity index (χ0v) is 15.0. The van der Waals surface area contributed by atoms with Crippen molar-refractivity contribution in [1.29, 1.82) is 0 Å². The molecule has 5 nitrogen and oxygen atoms in total. The molecule has 1 aromatic heterocycles. The highest BCUT2D eigenvalue weighted by Crippen LogP contribution is 2.33. The highest BCUT2D eigenvalue weighted by molar-refractivity contribution is 6.29. The number of nitrogens with zero attached hydrogens (tertiary/aromatic N) is 1. The molecule has 25 heavy (non-hydrogen) atoms. The van der Waals surface area contributed by atoms with Gasteiger partial charge in [0, 0.05) is 41.8 Å². The molecule has 1 unspecified atom stereocenters. The molecule has 2 heterocycles. The number of benzene rings is 1. The van der Waals surface area contributed by atoms with Crippen LogP contribution in [0.4, 0.5) is 0 Å². The van der Waals surface area contributed by atoms with E-state index < -0.39 is 0 Å². The second kappa shape index (κ2) is 7.23. The van der Waals surface area contributed by atoms with Gasteiger partial charge in [-0.15, -0.1) is 0 Å². The van der Waals surface area contributed by atoms with Gasteiger partial charge in [0.1, 0.15) is 0 Å². The van der Waals surface area contributed by atoms with Gasteiger partial charge in [-0.3, -0.25) is 4.79 Å². The second-order valence-electron chi connectivity index (χ2n) is 6.45. The summed E-state index contributed by atoms with van der Waals surface area (Å²) in [6, 6.07) is 8.28. The normalized spacial score (nSPS) is 19.4. The molecule has 3 rings (SSSR count). The Bertz CT molecular complexity index is 848. The van der Waals surface area contributed by atoms with Gasteiger partial charge in [-0.1, -0.05) is 29.8 Å². The van der Waals surface area contributed by atoms with Crippen LogP contribution >= 0.6 is 11.6 Å². The van der Waals surface area contributed by atoms with Crippen molar-refractivity contribution < 1.29 is 4.79 Å². The smallest absolute Gasteiger partial charge is 0.255 e. The van der Waals surface area contributed by atoms with Crippen LogP contribution in [0.5, 0.6) is 0 Å². The fourth-order valence-corrected chi connectivity index (χ4v) is 3.74. The molecule has 6 heteroatoms. The lowest BCUT2D eigenvalue weighted by Crippen LogP contribution is -2.40. The Hall–Kier alpha value is -2.40. The largest absolute Gasteiger partial charge is 0.404 e. The quantitative estimate of drug-likeness (QED) is 0.447. The maximum Gasteiger partial charge on any atom is 0.255 e. The number of para-hydroxylation sites is 1. The van der Waals surface area contributed by atoms with Crippen molar-refractivity contribution in [3.63, 3.8) is 0 Å². The van der Waals surface area contributed by atoms with Gasteiger partial charge >= 0.3 is 0 Å². The Labute approximate surface area is 152 Å². The van der Waals surface area contributed by atoms with E-state index in [0.29, 0.717) is 18.7 Å². The third-order valence-electron chi connectivity index (χ3n) is 4.84. The SMILES string of the molecule is Cc1c(C2CCCN(C(=O)C(/C=C(\N)Cl)=C/N)C2)[nH]c2ccccc12. The molecule has 0 saturated carbocycles. The molecule has 1 aromatic carbocycles. The number of nitrogens with one attached hydrogen (secondary N) is 1. The van der Waals surface area contributed by atoms with Crippen LogP contribution < -0.4 is 11.5 Å². The van der Waals surface area contributed by atoms with Gasteiger partial charge in [0.25, 0.3) is 5.91 Å². The average molecular weight is 359 g/mol. The van der Waals surface area contributed by atoms with Crippen LogP contribution in [0.25, 0.3) is 10.9 Å². The van der Waals surface area contributed by atoms with Gasteiger partial charge in [-0.05, 0) is 37.5 Å². The van der Waals surface area contributed by atoms with E-state index in [1.54, 1.807) is 0 Å². The van der Waals surface area contributed by atoms with Crippen LogP contribution in [0, 0.1) is 6.92 Å². The number of carbonyl (C=O) groups is 1. The summed E-state index contributed by atoms with van der Waals surface area (Å²) in [5, 5.41) is 1.28. The zero-order chi connectivity index (χ0) is 18.0. The Balaban J connectivity index is 1.84. The standard InChI is InChI=1S/C19H23ClN4O/c1-12-15-6-2-3-7-16(15)23-18(12)13-5-4-8-24(11-13)19(25)14(10-21)9-17(20)22/h2-3,6-7,9-10,13,23H,4-5,8,11,21-22H2,1H3/b14-10+,17-9-. The van der Waals surface area contributed by atoms with E-state index in [-0.39, 0.29) is 17.0 Å². The first kappa shape index (κ1) is 17.4. The number of aryl methyl sites for hydroxylation is 1. The fourth-order valence-electron chi connectivity index (χ4n) is 3.62. The molecule has 0 spiro atoms. The van der Waals surface area contributed by atoms with Crippen LogP contribution in [0.15, 0.2) is 47.3 Å².